The van der Waals surface area contributed by atoms with Gasteiger partial charge in [-0.05, 0) is 68.6 Å². The topological polar surface area (TPSA) is 63.7 Å². The predicted octanol–water partition coefficient (Wildman–Crippen LogP) is 4.35. The first kappa shape index (κ1) is 26.2. The average Bonchev–Trinajstić information content (AvgIpc) is 3.30. The monoisotopic (exact) mass is 485 g/mol. The molecule has 2 heterocycles. The quantitative estimate of drug-likeness (QED) is 0.590. The van der Waals surface area contributed by atoms with Gasteiger partial charge in [-0.1, -0.05) is 24.3 Å². The molecule has 1 saturated heterocycles. The maximum Gasteiger partial charge on any atom is 0.315 e. The Labute approximate surface area is 209 Å². The molecule has 6 nitrogen and oxygen atoms in total. The Morgan fingerprint density at radius 1 is 1.09 bits per heavy atom. The second-order valence-electron chi connectivity index (χ2n) is 9.70. The molecule has 3 atom stereocenters. The molecule has 184 valence electrons. The number of fused-ring (bicyclic) bond motifs is 1. The second-order valence-corrected chi connectivity index (χ2v) is 9.70. The Bertz CT molecular complexity index is 1040. The molecule has 0 aromatic heterocycles. The molecule has 2 aromatic rings. The van der Waals surface area contributed by atoms with Crippen LogP contribution in [0.15, 0.2) is 42.5 Å². The van der Waals surface area contributed by atoms with Gasteiger partial charge in [0.2, 0.25) is 0 Å². The maximum absolute atomic E-state index is 12.7. The largest absolute Gasteiger partial charge is 0.530 e. The van der Waals surface area contributed by atoms with Crippen LogP contribution in [0.4, 0.5) is 10.5 Å². The van der Waals surface area contributed by atoms with Crippen LogP contribution in [0.25, 0.3) is 11.1 Å². The van der Waals surface area contributed by atoms with Gasteiger partial charge in [-0.15, -0.1) is 12.4 Å². The van der Waals surface area contributed by atoms with E-state index in [2.05, 4.69) is 41.3 Å². The Balaban J connectivity index is 0.00000324. The van der Waals surface area contributed by atoms with E-state index in [1.54, 1.807) is 6.92 Å². The summed E-state index contributed by atoms with van der Waals surface area (Å²) in [6.45, 7) is 9.14. The van der Waals surface area contributed by atoms with E-state index in [0.717, 1.165) is 28.9 Å². The molecule has 0 saturated carbocycles. The van der Waals surface area contributed by atoms with Crippen LogP contribution in [0.3, 0.4) is 0 Å². The molecule has 2 aliphatic rings. The van der Waals surface area contributed by atoms with Crippen LogP contribution in [0.5, 0.6) is 0 Å². The van der Waals surface area contributed by atoms with E-state index < -0.39 is 6.09 Å². The van der Waals surface area contributed by atoms with Gasteiger partial charge in [-0.2, -0.15) is 0 Å². The van der Waals surface area contributed by atoms with Crippen LogP contribution in [-0.4, -0.2) is 54.5 Å². The average molecular weight is 486 g/mol. The summed E-state index contributed by atoms with van der Waals surface area (Å²) in [5.74, 6) is 0.0534. The molecular weight excluding hydrogens is 450 g/mol. The van der Waals surface area contributed by atoms with E-state index in [0.29, 0.717) is 13.0 Å². The third kappa shape index (κ3) is 4.72. The normalized spacial score (nSPS) is 24.2. The van der Waals surface area contributed by atoms with E-state index >= 15 is 0 Å². The smallest absolute Gasteiger partial charge is 0.315 e. The van der Waals surface area contributed by atoms with Crippen molar-refractivity contribution in [3.05, 3.63) is 53.6 Å². The number of amides is 2. The first-order chi connectivity index (χ1) is 15.8. The molecule has 7 heteroatoms. The number of carbonyl (C=O) groups is 2. The van der Waals surface area contributed by atoms with E-state index in [9.17, 15) is 14.7 Å². The number of hydrogen-bond acceptors (Lipinski definition) is 4. The van der Waals surface area contributed by atoms with Crippen molar-refractivity contribution >= 4 is 30.1 Å². The fraction of sp³-hybridized carbons (Fsp3) is 0.481. The minimum absolute atomic E-state index is 0. The number of hydrogen-bond donors (Lipinski definition) is 0. The van der Waals surface area contributed by atoms with Crippen molar-refractivity contribution in [3.8, 4) is 11.1 Å². The van der Waals surface area contributed by atoms with E-state index in [-0.39, 0.29) is 34.9 Å². The minimum Gasteiger partial charge on any atom is -0.530 e. The van der Waals surface area contributed by atoms with E-state index in [1.165, 1.54) is 36.4 Å². The summed E-state index contributed by atoms with van der Waals surface area (Å²) in [5, 5.41) is 11.9. The number of rotatable bonds is 5. The van der Waals surface area contributed by atoms with Gasteiger partial charge in [0.15, 0.2) is 0 Å². The van der Waals surface area contributed by atoms with Crippen LogP contribution >= 0.6 is 12.4 Å². The van der Waals surface area contributed by atoms with Crippen molar-refractivity contribution in [2.24, 2.45) is 0 Å². The first-order valence-corrected chi connectivity index (χ1v) is 12.1. The summed E-state index contributed by atoms with van der Waals surface area (Å²) < 4.78 is 0.172. The fourth-order valence-electron chi connectivity index (χ4n) is 5.58. The molecule has 0 N–H and O–H groups in total. The summed E-state index contributed by atoms with van der Waals surface area (Å²) in [6.07, 6.45) is 1.97. The van der Waals surface area contributed by atoms with Crippen molar-refractivity contribution in [1.29, 1.82) is 0 Å². The summed E-state index contributed by atoms with van der Waals surface area (Å²) >= 11 is 0. The lowest BCUT2D eigenvalue weighted by molar-refractivity contribution is -0.268. The molecule has 1 fully saturated rings. The highest BCUT2D eigenvalue weighted by molar-refractivity contribution is 5.89. The number of quaternary nitrogens is 1. The third-order valence-electron chi connectivity index (χ3n) is 7.83. The summed E-state index contributed by atoms with van der Waals surface area (Å²) in [7, 11) is 1.93. The Morgan fingerprint density at radius 2 is 1.71 bits per heavy atom. The number of carboxylic acid groups (broad SMARTS) is 1. The van der Waals surface area contributed by atoms with Crippen molar-refractivity contribution in [2.45, 2.75) is 58.7 Å². The van der Waals surface area contributed by atoms with Crippen LogP contribution < -0.4 is 9.59 Å². The molecule has 0 spiro atoms. The number of halogens is 1. The molecule has 4 rings (SSSR count). The Kier molecular flexibility index (Phi) is 8.06. The van der Waals surface area contributed by atoms with Crippen LogP contribution in [0, 0.1) is 0 Å². The van der Waals surface area contributed by atoms with Gasteiger partial charge in [0.05, 0.1) is 26.1 Å². The predicted molar refractivity (Wildman–Crippen MR) is 137 cm³/mol. The second kappa shape index (κ2) is 10.5. The third-order valence-corrected chi connectivity index (χ3v) is 7.83. The molecular formula is C27H36ClN3O3. The van der Waals surface area contributed by atoms with Crippen molar-refractivity contribution in [1.82, 2.24) is 14.3 Å². The van der Waals surface area contributed by atoms with Gasteiger partial charge >= 0.3 is 5.91 Å². The zero-order valence-corrected chi connectivity index (χ0v) is 21.4. The van der Waals surface area contributed by atoms with Gasteiger partial charge in [0.1, 0.15) is 11.8 Å². The summed E-state index contributed by atoms with van der Waals surface area (Å²) in [6, 6.07) is 14.4. The molecule has 0 radical (unpaired) electrons. The lowest BCUT2D eigenvalue weighted by atomic mass is 9.86. The van der Waals surface area contributed by atoms with Crippen LogP contribution in [-0.2, 0) is 11.3 Å². The van der Waals surface area contributed by atoms with E-state index in [4.69, 9.17) is 0 Å². The van der Waals surface area contributed by atoms with Crippen molar-refractivity contribution < 1.29 is 14.7 Å². The van der Waals surface area contributed by atoms with Gasteiger partial charge in [-0.3, -0.25) is 4.90 Å². The highest BCUT2D eigenvalue weighted by atomic mass is 35.5. The van der Waals surface area contributed by atoms with E-state index in [1.807, 2.05) is 27.0 Å². The molecule has 2 aliphatic heterocycles. The van der Waals surface area contributed by atoms with Crippen molar-refractivity contribution in [2.75, 3.05) is 26.7 Å². The zero-order valence-electron chi connectivity index (χ0n) is 20.6. The molecule has 2 aromatic carbocycles. The van der Waals surface area contributed by atoms with Crippen molar-refractivity contribution in [3.63, 3.8) is 0 Å². The Morgan fingerprint density at radius 3 is 2.26 bits per heavy atom. The molecule has 0 aliphatic carbocycles. The zero-order chi connectivity index (χ0) is 23.8. The maximum atomic E-state index is 12.7. The number of nitrogens with zero attached hydrogens (tertiary/aromatic N) is 3. The fourth-order valence-corrected chi connectivity index (χ4v) is 5.58. The highest BCUT2D eigenvalue weighted by Gasteiger charge is 2.47. The first-order valence-electron chi connectivity index (χ1n) is 12.1. The summed E-state index contributed by atoms with van der Waals surface area (Å²) in [5.41, 5.74) is 5.20. The Hall–Kier alpha value is -2.41. The minimum atomic E-state index is -1.17. The van der Waals surface area contributed by atoms with Gasteiger partial charge < -0.3 is 14.8 Å². The van der Waals surface area contributed by atoms with Gasteiger partial charge in [0, 0.05) is 31.1 Å². The van der Waals surface area contributed by atoms with Gasteiger partial charge in [-0.25, -0.2) is 9.28 Å². The SMILES string of the molecule is CCN(C(=O)[O-])C1C[C@H](C)[N@+](C)(C(C)=O)c2ccc(-c3ccc(CN4CCCC4)cc3)cc21.Cl. The number of carbonyl (C=O) groups excluding carboxylic acids is 2. The molecule has 34 heavy (non-hydrogen) atoms. The van der Waals surface area contributed by atoms with Crippen LogP contribution in [0.1, 0.15) is 57.2 Å². The number of benzene rings is 2. The summed E-state index contributed by atoms with van der Waals surface area (Å²) in [4.78, 5) is 28.5. The van der Waals surface area contributed by atoms with Crippen LogP contribution in [0.2, 0.25) is 0 Å². The molecule has 0 bridgehead atoms. The molecule has 1 unspecified atom stereocenters. The highest BCUT2D eigenvalue weighted by Crippen LogP contribution is 2.45. The lowest BCUT2D eigenvalue weighted by Crippen LogP contribution is -2.60. The molecule has 2 amide bonds. The standard InChI is InChI=1S/C27H35N3O3.ClH/c1-5-29(27(32)33)25-16-19(2)30(4,20(3)31)26-13-12-23(17-24(25)26)22-10-8-21(9-11-22)18-28-14-6-7-15-28;/h8-13,17,19,25H,5-7,14-16,18H2,1-4H3;1H/t19-,25?,30+;/m0./s1. The van der Waals surface area contributed by atoms with Gasteiger partial charge in [0.25, 0.3) is 0 Å². The number of likely N-dealkylation sites (tertiary alicyclic amines) is 1. The lowest BCUT2D eigenvalue weighted by Gasteiger charge is -2.47.